The van der Waals surface area contributed by atoms with E-state index in [2.05, 4.69) is 13.0 Å². The van der Waals surface area contributed by atoms with E-state index in [0.29, 0.717) is 0 Å². The van der Waals surface area contributed by atoms with Gasteiger partial charge in [-0.25, -0.2) is 0 Å². The quantitative estimate of drug-likeness (QED) is 0.860. The van der Waals surface area contributed by atoms with Gasteiger partial charge < -0.3 is 5.11 Å². The number of hydrogen-bond donors (Lipinski definition) is 1. The number of rotatable bonds is 4. The van der Waals surface area contributed by atoms with Crippen molar-refractivity contribution in [1.82, 2.24) is 0 Å². The lowest BCUT2D eigenvalue weighted by molar-refractivity contribution is 0.203. The first kappa shape index (κ1) is 12.0. The van der Waals surface area contributed by atoms with Gasteiger partial charge in [-0.15, -0.1) is 0 Å². The standard InChI is InChI=1S/C14H20OS/c1-11-6-2-5-9-13(11)14(15)10-16-12-7-3-4-8-12/h2,5-6,9,12,14-15H,3-4,7-8,10H2,1H3. The molecular formula is C14H20OS. The molecule has 1 aromatic rings. The molecule has 0 amide bonds. The average Bonchev–Trinajstić information content (AvgIpc) is 2.79. The van der Waals surface area contributed by atoms with Crippen molar-refractivity contribution in [3.8, 4) is 0 Å². The van der Waals surface area contributed by atoms with Crippen LogP contribution in [0.3, 0.4) is 0 Å². The van der Waals surface area contributed by atoms with E-state index in [-0.39, 0.29) is 6.10 Å². The summed E-state index contributed by atoms with van der Waals surface area (Å²) >= 11 is 1.95. The van der Waals surface area contributed by atoms with E-state index in [0.717, 1.165) is 16.6 Å². The number of benzene rings is 1. The van der Waals surface area contributed by atoms with Crippen LogP contribution in [0.5, 0.6) is 0 Å². The normalized spacial score (nSPS) is 18.9. The van der Waals surface area contributed by atoms with Crippen molar-refractivity contribution < 1.29 is 5.11 Å². The molecule has 2 heteroatoms. The first-order valence-electron chi connectivity index (χ1n) is 6.12. The van der Waals surface area contributed by atoms with Crippen molar-refractivity contribution in [2.24, 2.45) is 0 Å². The molecule has 1 unspecified atom stereocenters. The first-order chi connectivity index (χ1) is 7.77. The van der Waals surface area contributed by atoms with Crippen LogP contribution in [0.25, 0.3) is 0 Å². The summed E-state index contributed by atoms with van der Waals surface area (Å²) < 4.78 is 0. The molecule has 1 N–H and O–H groups in total. The van der Waals surface area contributed by atoms with Gasteiger partial charge in [0, 0.05) is 11.0 Å². The van der Waals surface area contributed by atoms with Crippen LogP contribution in [0, 0.1) is 6.92 Å². The van der Waals surface area contributed by atoms with Gasteiger partial charge in [0.05, 0.1) is 6.10 Å². The van der Waals surface area contributed by atoms with E-state index >= 15 is 0 Å². The Bertz CT molecular complexity index is 331. The third-order valence-electron chi connectivity index (χ3n) is 3.34. The van der Waals surface area contributed by atoms with Crippen LogP contribution < -0.4 is 0 Å². The highest BCUT2D eigenvalue weighted by Crippen LogP contribution is 2.32. The maximum Gasteiger partial charge on any atom is 0.0883 e. The molecule has 2 rings (SSSR count). The van der Waals surface area contributed by atoms with Crippen LogP contribution >= 0.6 is 11.8 Å². The fourth-order valence-electron chi connectivity index (χ4n) is 2.33. The van der Waals surface area contributed by atoms with Gasteiger partial charge in [0.15, 0.2) is 0 Å². The minimum Gasteiger partial charge on any atom is -0.388 e. The number of aliphatic hydroxyl groups excluding tert-OH is 1. The zero-order valence-electron chi connectivity index (χ0n) is 9.86. The van der Waals surface area contributed by atoms with E-state index in [1.807, 2.05) is 30.0 Å². The summed E-state index contributed by atoms with van der Waals surface area (Å²) in [6, 6.07) is 8.13. The highest BCUT2D eigenvalue weighted by Gasteiger charge is 2.18. The lowest BCUT2D eigenvalue weighted by Crippen LogP contribution is -2.06. The van der Waals surface area contributed by atoms with Gasteiger partial charge in [0.2, 0.25) is 0 Å². The lowest BCUT2D eigenvalue weighted by atomic mass is 10.1. The van der Waals surface area contributed by atoms with Gasteiger partial charge in [-0.1, -0.05) is 37.1 Å². The zero-order chi connectivity index (χ0) is 11.4. The molecule has 0 heterocycles. The van der Waals surface area contributed by atoms with Gasteiger partial charge in [0.1, 0.15) is 0 Å². The Morgan fingerprint density at radius 2 is 2.00 bits per heavy atom. The largest absolute Gasteiger partial charge is 0.388 e. The molecule has 0 bridgehead atoms. The maximum atomic E-state index is 10.1. The highest BCUT2D eigenvalue weighted by molar-refractivity contribution is 7.99. The Morgan fingerprint density at radius 1 is 1.31 bits per heavy atom. The Hall–Kier alpha value is -0.470. The first-order valence-corrected chi connectivity index (χ1v) is 7.17. The Kier molecular flexibility index (Phi) is 4.30. The molecule has 1 saturated carbocycles. The summed E-state index contributed by atoms with van der Waals surface area (Å²) in [6.07, 6.45) is 5.12. The van der Waals surface area contributed by atoms with Gasteiger partial charge in [-0.3, -0.25) is 0 Å². The van der Waals surface area contributed by atoms with Crippen molar-refractivity contribution in [2.75, 3.05) is 5.75 Å². The van der Waals surface area contributed by atoms with E-state index in [1.54, 1.807) is 0 Å². The topological polar surface area (TPSA) is 20.2 Å². The van der Waals surface area contributed by atoms with Crippen LogP contribution in [0.4, 0.5) is 0 Å². The molecule has 0 aliphatic heterocycles. The molecule has 1 aromatic carbocycles. The zero-order valence-corrected chi connectivity index (χ0v) is 10.7. The monoisotopic (exact) mass is 236 g/mol. The molecular weight excluding hydrogens is 216 g/mol. The molecule has 0 aromatic heterocycles. The van der Waals surface area contributed by atoms with Crippen molar-refractivity contribution in [3.05, 3.63) is 35.4 Å². The van der Waals surface area contributed by atoms with Crippen LogP contribution in [-0.2, 0) is 0 Å². The third-order valence-corrected chi connectivity index (χ3v) is 4.79. The van der Waals surface area contributed by atoms with Gasteiger partial charge in [0.25, 0.3) is 0 Å². The van der Waals surface area contributed by atoms with Gasteiger partial charge in [-0.2, -0.15) is 11.8 Å². The number of thioether (sulfide) groups is 1. The summed E-state index contributed by atoms with van der Waals surface area (Å²) in [6.45, 7) is 2.07. The molecule has 0 spiro atoms. The summed E-state index contributed by atoms with van der Waals surface area (Å²) in [5, 5.41) is 10.9. The van der Waals surface area contributed by atoms with Gasteiger partial charge in [-0.05, 0) is 30.9 Å². The molecule has 1 aliphatic carbocycles. The third kappa shape index (κ3) is 3.02. The Balaban J connectivity index is 1.87. The summed E-state index contributed by atoms with van der Waals surface area (Å²) in [7, 11) is 0. The highest BCUT2D eigenvalue weighted by atomic mass is 32.2. The average molecular weight is 236 g/mol. The summed E-state index contributed by atoms with van der Waals surface area (Å²) in [5.74, 6) is 0.843. The predicted molar refractivity (Wildman–Crippen MR) is 70.9 cm³/mol. The minimum absolute atomic E-state index is 0.299. The molecule has 0 radical (unpaired) electrons. The summed E-state index contributed by atoms with van der Waals surface area (Å²) in [5.41, 5.74) is 2.29. The minimum atomic E-state index is -0.299. The van der Waals surface area contributed by atoms with Crippen molar-refractivity contribution >= 4 is 11.8 Å². The molecule has 1 atom stereocenters. The molecule has 16 heavy (non-hydrogen) atoms. The Labute approximate surface area is 102 Å². The smallest absolute Gasteiger partial charge is 0.0883 e. The molecule has 1 nitrogen and oxygen atoms in total. The maximum absolute atomic E-state index is 10.1. The van der Waals surface area contributed by atoms with E-state index < -0.39 is 0 Å². The molecule has 0 saturated heterocycles. The number of aryl methyl sites for hydroxylation is 1. The van der Waals surface area contributed by atoms with Crippen LogP contribution in [0.15, 0.2) is 24.3 Å². The number of hydrogen-bond acceptors (Lipinski definition) is 2. The van der Waals surface area contributed by atoms with E-state index in [4.69, 9.17) is 0 Å². The fourth-order valence-corrected chi connectivity index (χ4v) is 3.63. The van der Waals surface area contributed by atoms with Gasteiger partial charge >= 0.3 is 0 Å². The second kappa shape index (κ2) is 5.74. The summed E-state index contributed by atoms with van der Waals surface area (Å²) in [4.78, 5) is 0. The van der Waals surface area contributed by atoms with Crippen molar-refractivity contribution in [1.29, 1.82) is 0 Å². The Morgan fingerprint density at radius 3 is 2.69 bits per heavy atom. The number of aliphatic hydroxyl groups is 1. The van der Waals surface area contributed by atoms with E-state index in [9.17, 15) is 5.11 Å². The molecule has 1 fully saturated rings. The van der Waals surface area contributed by atoms with Crippen LogP contribution in [0.1, 0.15) is 42.9 Å². The second-order valence-electron chi connectivity index (χ2n) is 4.61. The fraction of sp³-hybridized carbons (Fsp3) is 0.571. The van der Waals surface area contributed by atoms with Crippen LogP contribution in [-0.4, -0.2) is 16.1 Å². The molecule has 88 valence electrons. The van der Waals surface area contributed by atoms with E-state index in [1.165, 1.54) is 31.2 Å². The second-order valence-corrected chi connectivity index (χ2v) is 5.95. The predicted octanol–water partition coefficient (Wildman–Crippen LogP) is 3.70. The molecule has 1 aliphatic rings. The van der Waals surface area contributed by atoms with Crippen LogP contribution in [0.2, 0.25) is 0 Å². The SMILES string of the molecule is Cc1ccccc1C(O)CSC1CCCC1. The van der Waals surface area contributed by atoms with Crippen molar-refractivity contribution in [2.45, 2.75) is 44.0 Å². The van der Waals surface area contributed by atoms with Crippen molar-refractivity contribution in [3.63, 3.8) is 0 Å². The lowest BCUT2D eigenvalue weighted by Gasteiger charge is -2.15.